The minimum Gasteiger partial charge on any atom is -0.370 e. The zero-order chi connectivity index (χ0) is 20.2. The molecule has 0 aliphatic heterocycles. The molecule has 0 radical (unpaired) electrons. The summed E-state index contributed by atoms with van der Waals surface area (Å²) in [5.41, 5.74) is 12.0. The normalized spacial score (nSPS) is 13.4. The quantitative estimate of drug-likeness (QED) is 0.448. The van der Waals surface area contributed by atoms with E-state index in [2.05, 4.69) is 30.5 Å². The summed E-state index contributed by atoms with van der Waals surface area (Å²) < 4.78 is 1.97. The van der Waals surface area contributed by atoms with E-state index >= 15 is 0 Å². The number of hydrogen-bond donors (Lipinski definition) is 3. The number of para-hydroxylation sites is 1. The average Bonchev–Trinajstić information content (AvgIpc) is 3.45. The van der Waals surface area contributed by atoms with E-state index < -0.39 is 0 Å². The Kier molecular flexibility index (Phi) is 5.56. The predicted molar refractivity (Wildman–Crippen MR) is 109 cm³/mol. The van der Waals surface area contributed by atoms with Gasteiger partial charge in [0.2, 0.25) is 17.8 Å². The number of aromatic nitrogens is 6. The van der Waals surface area contributed by atoms with Crippen molar-refractivity contribution in [1.82, 2.24) is 29.7 Å². The van der Waals surface area contributed by atoms with Crippen LogP contribution in [-0.2, 0) is 17.1 Å². The third-order valence-electron chi connectivity index (χ3n) is 4.33. The van der Waals surface area contributed by atoms with E-state index in [4.69, 9.17) is 11.5 Å². The predicted octanol–water partition coefficient (Wildman–Crippen LogP) is 1.83. The largest absolute Gasteiger partial charge is 0.370 e. The Morgan fingerprint density at radius 2 is 1.97 bits per heavy atom. The van der Waals surface area contributed by atoms with E-state index in [0.29, 0.717) is 35.1 Å². The topological polar surface area (TPSA) is 151 Å². The maximum absolute atomic E-state index is 11.2. The molecule has 1 fully saturated rings. The lowest BCUT2D eigenvalue weighted by Gasteiger charge is -2.09. The number of rotatable bonds is 9. The summed E-state index contributed by atoms with van der Waals surface area (Å²) in [5.74, 6) is 2.47. The molecule has 29 heavy (non-hydrogen) atoms. The van der Waals surface area contributed by atoms with Crippen LogP contribution in [-0.4, -0.2) is 35.6 Å². The summed E-state index contributed by atoms with van der Waals surface area (Å²) in [7, 11) is 0. The van der Waals surface area contributed by atoms with Gasteiger partial charge in [-0.3, -0.25) is 4.79 Å². The van der Waals surface area contributed by atoms with Crippen molar-refractivity contribution in [2.45, 2.75) is 42.6 Å². The van der Waals surface area contributed by atoms with Crippen molar-refractivity contribution < 1.29 is 4.79 Å². The molecule has 0 bridgehead atoms. The monoisotopic (exact) mass is 411 g/mol. The number of nitrogens with one attached hydrogen (secondary N) is 1. The van der Waals surface area contributed by atoms with Gasteiger partial charge < -0.3 is 21.4 Å². The van der Waals surface area contributed by atoms with Gasteiger partial charge in [-0.25, -0.2) is 0 Å². The first-order chi connectivity index (χ1) is 14.1. The first-order valence-electron chi connectivity index (χ1n) is 9.25. The summed E-state index contributed by atoms with van der Waals surface area (Å²) in [6, 6.07) is 9.59. The smallest absolute Gasteiger partial charge is 0.232 e. The first kappa shape index (κ1) is 19.1. The van der Waals surface area contributed by atoms with Gasteiger partial charge >= 0.3 is 0 Å². The van der Waals surface area contributed by atoms with Crippen molar-refractivity contribution in [2.24, 2.45) is 5.73 Å². The van der Waals surface area contributed by atoms with Crippen LogP contribution < -0.4 is 16.8 Å². The molecule has 150 valence electrons. The highest BCUT2D eigenvalue weighted by Gasteiger charge is 2.30. The van der Waals surface area contributed by atoms with E-state index in [1.807, 2.05) is 34.9 Å². The molecule has 2 aromatic heterocycles. The molecule has 5 N–H and O–H groups in total. The van der Waals surface area contributed by atoms with E-state index in [-0.39, 0.29) is 18.3 Å². The molecule has 1 aliphatic carbocycles. The summed E-state index contributed by atoms with van der Waals surface area (Å²) in [4.78, 5) is 24.0. The minimum absolute atomic E-state index is 0.142. The molecule has 4 rings (SSSR count). The molecule has 1 amide bonds. The standard InChI is InChI=1S/C18H21N9OS/c19-13(28)8-9-27-15(11-6-7-11)25-26-18(27)29-10-14-22-16(20)24-17(23-14)21-12-4-2-1-3-5-12/h1-5,11H,6-10H2,(H2,19,28)(H3,20,21,22,23,24). The molecular weight excluding hydrogens is 390 g/mol. The molecule has 11 heteroatoms. The summed E-state index contributed by atoms with van der Waals surface area (Å²) in [6.07, 6.45) is 2.44. The van der Waals surface area contributed by atoms with Crippen LogP contribution in [0.3, 0.4) is 0 Å². The van der Waals surface area contributed by atoms with E-state index in [9.17, 15) is 4.79 Å². The zero-order valence-corrected chi connectivity index (χ0v) is 16.5. The van der Waals surface area contributed by atoms with Gasteiger partial charge in [-0.2, -0.15) is 15.0 Å². The maximum atomic E-state index is 11.2. The molecule has 3 aromatic rings. The fourth-order valence-electron chi connectivity index (χ4n) is 2.82. The van der Waals surface area contributed by atoms with Crippen LogP contribution in [0.25, 0.3) is 0 Å². The van der Waals surface area contributed by atoms with Gasteiger partial charge in [-0.15, -0.1) is 10.2 Å². The van der Waals surface area contributed by atoms with Gasteiger partial charge in [0.15, 0.2) is 5.16 Å². The lowest BCUT2D eigenvalue weighted by atomic mass is 10.3. The molecule has 0 saturated heterocycles. The molecule has 1 aliphatic rings. The molecule has 1 aromatic carbocycles. The second-order valence-electron chi connectivity index (χ2n) is 6.70. The van der Waals surface area contributed by atoms with Crippen molar-refractivity contribution in [3.63, 3.8) is 0 Å². The molecule has 10 nitrogen and oxygen atoms in total. The fraction of sp³-hybridized carbons (Fsp3) is 0.333. The van der Waals surface area contributed by atoms with Gasteiger partial charge in [-0.05, 0) is 25.0 Å². The van der Waals surface area contributed by atoms with Gasteiger partial charge in [0.05, 0.1) is 5.75 Å². The lowest BCUT2D eigenvalue weighted by molar-refractivity contribution is -0.118. The SMILES string of the molecule is NC(=O)CCn1c(SCc2nc(N)nc(Nc3ccccc3)n2)nnc1C1CC1. The van der Waals surface area contributed by atoms with E-state index in [1.54, 1.807) is 0 Å². The number of anilines is 3. The van der Waals surface area contributed by atoms with Crippen LogP contribution >= 0.6 is 11.8 Å². The number of hydrogen-bond acceptors (Lipinski definition) is 9. The minimum atomic E-state index is -0.349. The summed E-state index contributed by atoms with van der Waals surface area (Å²) in [6.45, 7) is 0.469. The van der Waals surface area contributed by atoms with Gasteiger partial charge in [0, 0.05) is 24.6 Å². The highest BCUT2D eigenvalue weighted by molar-refractivity contribution is 7.98. The average molecular weight is 411 g/mol. The van der Waals surface area contributed by atoms with Crippen LogP contribution in [0.5, 0.6) is 0 Å². The van der Waals surface area contributed by atoms with Crippen LogP contribution in [0.2, 0.25) is 0 Å². The van der Waals surface area contributed by atoms with E-state index in [1.165, 1.54) is 11.8 Å². The van der Waals surface area contributed by atoms with Gasteiger partial charge in [0.25, 0.3) is 0 Å². The van der Waals surface area contributed by atoms with Crippen molar-refractivity contribution >= 4 is 35.3 Å². The highest BCUT2D eigenvalue weighted by Crippen LogP contribution is 2.40. The molecule has 0 unspecified atom stereocenters. The van der Waals surface area contributed by atoms with Crippen LogP contribution in [0.1, 0.15) is 36.8 Å². The molecule has 0 spiro atoms. The van der Waals surface area contributed by atoms with Crippen molar-refractivity contribution in [3.8, 4) is 0 Å². The van der Waals surface area contributed by atoms with Gasteiger partial charge in [0.1, 0.15) is 11.6 Å². The van der Waals surface area contributed by atoms with Crippen LogP contribution in [0.15, 0.2) is 35.5 Å². The Morgan fingerprint density at radius 1 is 1.17 bits per heavy atom. The number of primary amides is 1. The van der Waals surface area contributed by atoms with Crippen LogP contribution in [0, 0.1) is 0 Å². The Labute approximate surface area is 171 Å². The number of nitrogens with zero attached hydrogens (tertiary/aromatic N) is 6. The zero-order valence-electron chi connectivity index (χ0n) is 15.7. The number of benzene rings is 1. The first-order valence-corrected chi connectivity index (χ1v) is 10.2. The number of amides is 1. The molecule has 0 atom stereocenters. The third kappa shape index (κ3) is 4.99. The second-order valence-corrected chi connectivity index (χ2v) is 7.64. The number of thioether (sulfide) groups is 1. The summed E-state index contributed by atoms with van der Waals surface area (Å²) >= 11 is 1.44. The Morgan fingerprint density at radius 3 is 2.69 bits per heavy atom. The van der Waals surface area contributed by atoms with Gasteiger partial charge in [-0.1, -0.05) is 30.0 Å². The van der Waals surface area contributed by atoms with Crippen LogP contribution in [0.4, 0.5) is 17.6 Å². The number of nitrogens with two attached hydrogens (primary N) is 2. The second kappa shape index (κ2) is 8.43. The number of carbonyl (C=O) groups is 1. The van der Waals surface area contributed by atoms with Crippen molar-refractivity contribution in [1.29, 1.82) is 0 Å². The molecule has 2 heterocycles. The van der Waals surface area contributed by atoms with Crippen molar-refractivity contribution in [3.05, 3.63) is 42.0 Å². The molecular formula is C18H21N9OS. The number of nitrogen functional groups attached to an aromatic ring is 1. The fourth-order valence-corrected chi connectivity index (χ4v) is 3.65. The Hall–Kier alpha value is -3.21. The third-order valence-corrected chi connectivity index (χ3v) is 5.29. The Bertz CT molecular complexity index is 1000. The molecule has 1 saturated carbocycles. The summed E-state index contributed by atoms with van der Waals surface area (Å²) in [5, 5.41) is 12.4. The van der Waals surface area contributed by atoms with Crippen molar-refractivity contribution in [2.75, 3.05) is 11.1 Å². The maximum Gasteiger partial charge on any atom is 0.232 e. The Balaban J connectivity index is 1.48. The highest BCUT2D eigenvalue weighted by atomic mass is 32.2. The van der Waals surface area contributed by atoms with E-state index in [0.717, 1.165) is 24.4 Å². The lowest BCUT2D eigenvalue weighted by Crippen LogP contribution is -2.15. The number of carbonyl (C=O) groups excluding carboxylic acids is 1.